The predicted octanol–water partition coefficient (Wildman–Crippen LogP) is 1.59. The van der Waals surface area contributed by atoms with Gasteiger partial charge in [0, 0.05) is 43.5 Å². The van der Waals surface area contributed by atoms with Crippen LogP contribution in [0.15, 0.2) is 23.2 Å². The first kappa shape index (κ1) is 12.7. The Labute approximate surface area is 115 Å². The summed E-state index contributed by atoms with van der Waals surface area (Å²) in [5.41, 5.74) is 1.63. The van der Waals surface area contributed by atoms with Crippen LogP contribution in [0.3, 0.4) is 0 Å². The summed E-state index contributed by atoms with van der Waals surface area (Å²) < 4.78 is 13.1. The molecule has 0 unspecified atom stereocenters. The minimum absolute atomic E-state index is 0.177. The summed E-state index contributed by atoms with van der Waals surface area (Å²) in [5, 5.41) is 14.0. The van der Waals surface area contributed by atoms with Crippen LogP contribution in [-0.4, -0.2) is 48.4 Å². The number of benzene rings is 1. The number of nitrogens with one attached hydrogen (secondary N) is 1. The number of phenolic OH excluding ortho intramolecular Hbond substituents is 1. The predicted molar refractivity (Wildman–Crippen MR) is 77.1 cm³/mol. The van der Waals surface area contributed by atoms with Crippen LogP contribution in [0.1, 0.15) is 5.56 Å². The highest BCUT2D eigenvalue weighted by Crippen LogP contribution is 2.32. The molecule has 1 saturated heterocycles. The van der Waals surface area contributed by atoms with Crippen molar-refractivity contribution in [3.63, 3.8) is 0 Å². The van der Waals surface area contributed by atoms with Gasteiger partial charge in [-0.1, -0.05) is 0 Å². The van der Waals surface area contributed by atoms with Crippen LogP contribution in [0.5, 0.6) is 5.75 Å². The zero-order valence-corrected chi connectivity index (χ0v) is 11.3. The summed E-state index contributed by atoms with van der Waals surface area (Å²) >= 11 is 1.35. The number of aromatic hydroxyl groups is 1. The van der Waals surface area contributed by atoms with E-state index in [1.807, 2.05) is 12.1 Å². The zero-order valence-electron chi connectivity index (χ0n) is 10.5. The van der Waals surface area contributed by atoms with Crippen molar-refractivity contribution >= 4 is 22.5 Å². The summed E-state index contributed by atoms with van der Waals surface area (Å²) in [6, 6.07) is 5.54. The molecule has 1 atom stereocenters. The summed E-state index contributed by atoms with van der Waals surface area (Å²) in [5.74, 6) is 0.519. The molecule has 0 spiro atoms. The second-order valence-corrected chi connectivity index (χ2v) is 5.63. The Kier molecular flexibility index (Phi) is 3.61. The monoisotopic (exact) mass is 281 g/mol. The van der Waals surface area contributed by atoms with Gasteiger partial charge in [0.15, 0.2) is 6.30 Å². The van der Waals surface area contributed by atoms with Gasteiger partial charge in [-0.3, -0.25) is 0 Å². The summed E-state index contributed by atoms with van der Waals surface area (Å²) in [6.07, 6.45) is -1.15. The summed E-state index contributed by atoms with van der Waals surface area (Å²) in [4.78, 5) is 6.11. The molecule has 3 rings (SSSR count). The number of nitrogens with zero attached hydrogens (tertiary/aromatic N) is 2. The Morgan fingerprint density at radius 1 is 1.37 bits per heavy atom. The summed E-state index contributed by atoms with van der Waals surface area (Å²) in [7, 11) is 0. The molecule has 2 N–H and O–H groups in total. The van der Waals surface area contributed by atoms with E-state index in [2.05, 4.69) is 15.2 Å². The van der Waals surface area contributed by atoms with E-state index in [9.17, 15) is 9.50 Å². The van der Waals surface area contributed by atoms with Crippen molar-refractivity contribution in [2.75, 3.05) is 36.8 Å². The van der Waals surface area contributed by atoms with E-state index < -0.39 is 6.30 Å². The Hall–Kier alpha value is -1.27. The van der Waals surface area contributed by atoms with Gasteiger partial charge in [0.2, 0.25) is 0 Å². The molecule has 6 heteroatoms. The molecule has 1 aromatic rings. The number of phenols is 1. The molecule has 102 valence electrons. The van der Waals surface area contributed by atoms with Gasteiger partial charge in [0.1, 0.15) is 10.8 Å². The van der Waals surface area contributed by atoms with E-state index >= 15 is 0 Å². The molecule has 0 amide bonds. The van der Waals surface area contributed by atoms with Gasteiger partial charge < -0.3 is 15.3 Å². The largest absolute Gasteiger partial charge is 0.507 e. The minimum atomic E-state index is -1.15. The topological polar surface area (TPSA) is 47.9 Å². The second kappa shape index (κ2) is 5.38. The van der Waals surface area contributed by atoms with Crippen LogP contribution < -0.4 is 10.2 Å². The highest BCUT2D eigenvalue weighted by atomic mass is 32.2. The first-order chi connectivity index (χ1) is 9.24. The third kappa shape index (κ3) is 2.69. The number of hydrogen-bond acceptors (Lipinski definition) is 5. The normalized spacial score (nSPS) is 23.5. The Balaban J connectivity index is 1.83. The molecule has 2 aliphatic heterocycles. The van der Waals surface area contributed by atoms with Crippen LogP contribution >= 0.6 is 11.8 Å². The van der Waals surface area contributed by atoms with Gasteiger partial charge in [-0.15, -0.1) is 11.8 Å². The molecule has 0 saturated carbocycles. The van der Waals surface area contributed by atoms with E-state index in [0.717, 1.165) is 31.9 Å². The lowest BCUT2D eigenvalue weighted by molar-refractivity contribution is 0.387. The van der Waals surface area contributed by atoms with Crippen LogP contribution in [0, 0.1) is 0 Å². The van der Waals surface area contributed by atoms with E-state index in [1.54, 1.807) is 6.07 Å². The van der Waals surface area contributed by atoms with Gasteiger partial charge in [0.25, 0.3) is 0 Å². The highest BCUT2D eigenvalue weighted by Gasteiger charge is 2.21. The van der Waals surface area contributed by atoms with Gasteiger partial charge in [-0.05, 0) is 12.1 Å². The first-order valence-corrected chi connectivity index (χ1v) is 7.36. The first-order valence-electron chi connectivity index (χ1n) is 6.38. The van der Waals surface area contributed by atoms with Crippen molar-refractivity contribution < 1.29 is 9.50 Å². The molecular formula is C13H16FN3OS. The van der Waals surface area contributed by atoms with E-state index in [1.165, 1.54) is 11.8 Å². The molecular weight excluding hydrogens is 265 g/mol. The molecule has 0 aromatic heterocycles. The Morgan fingerprint density at radius 2 is 2.16 bits per heavy atom. The maximum atomic E-state index is 13.1. The van der Waals surface area contributed by atoms with Gasteiger partial charge >= 0.3 is 0 Å². The van der Waals surface area contributed by atoms with E-state index in [4.69, 9.17) is 0 Å². The van der Waals surface area contributed by atoms with Crippen molar-refractivity contribution in [3.05, 3.63) is 23.8 Å². The molecule has 0 radical (unpaired) electrons. The van der Waals surface area contributed by atoms with Crippen molar-refractivity contribution in [1.82, 2.24) is 5.32 Å². The Morgan fingerprint density at radius 3 is 2.79 bits per heavy atom. The van der Waals surface area contributed by atoms with Gasteiger partial charge in [-0.2, -0.15) is 0 Å². The summed E-state index contributed by atoms with van der Waals surface area (Å²) in [6.45, 7) is 3.77. The lowest BCUT2D eigenvalue weighted by Gasteiger charge is -2.29. The van der Waals surface area contributed by atoms with E-state index in [-0.39, 0.29) is 5.75 Å². The fourth-order valence-corrected chi connectivity index (χ4v) is 3.20. The smallest absolute Gasteiger partial charge is 0.200 e. The fourth-order valence-electron chi connectivity index (χ4n) is 2.32. The molecule has 19 heavy (non-hydrogen) atoms. The van der Waals surface area contributed by atoms with Crippen molar-refractivity contribution in [1.29, 1.82) is 0 Å². The van der Waals surface area contributed by atoms with Crippen molar-refractivity contribution in [2.24, 2.45) is 4.99 Å². The molecule has 1 aromatic carbocycles. The standard InChI is InChI=1S/C13H16FN3OS/c14-12-8-19-13(16-12)10-2-1-9(7-11(10)18)17-5-3-15-4-6-17/h1-2,7,12,15,18H,3-6,8H2/t12-/m1/s1. The molecule has 0 bridgehead atoms. The number of hydrogen-bond donors (Lipinski definition) is 2. The average Bonchev–Trinajstić information content (AvgIpc) is 2.86. The number of alkyl halides is 1. The minimum Gasteiger partial charge on any atom is -0.507 e. The zero-order chi connectivity index (χ0) is 13.2. The van der Waals surface area contributed by atoms with E-state index in [0.29, 0.717) is 16.4 Å². The molecule has 0 aliphatic carbocycles. The number of piperazine rings is 1. The van der Waals surface area contributed by atoms with Gasteiger partial charge in [-0.25, -0.2) is 9.38 Å². The molecule has 1 fully saturated rings. The number of anilines is 1. The SMILES string of the molecule is Oc1cc(N2CCNCC2)ccc1C1=N[C@@H](F)CS1. The highest BCUT2D eigenvalue weighted by molar-refractivity contribution is 8.14. The number of rotatable bonds is 2. The van der Waals surface area contributed by atoms with Crippen molar-refractivity contribution in [2.45, 2.75) is 6.30 Å². The molecule has 4 nitrogen and oxygen atoms in total. The quantitative estimate of drug-likeness (QED) is 0.808. The maximum Gasteiger partial charge on any atom is 0.200 e. The average molecular weight is 281 g/mol. The maximum absolute atomic E-state index is 13.1. The van der Waals surface area contributed by atoms with Crippen LogP contribution in [0.25, 0.3) is 0 Å². The third-order valence-corrected chi connectivity index (χ3v) is 4.35. The number of thioether (sulfide) groups is 1. The van der Waals surface area contributed by atoms with Gasteiger partial charge in [0.05, 0.1) is 5.75 Å². The van der Waals surface area contributed by atoms with Crippen LogP contribution in [0.2, 0.25) is 0 Å². The number of halogens is 1. The van der Waals surface area contributed by atoms with Crippen LogP contribution in [-0.2, 0) is 0 Å². The lowest BCUT2D eigenvalue weighted by atomic mass is 10.1. The van der Waals surface area contributed by atoms with Crippen LogP contribution in [0.4, 0.5) is 10.1 Å². The molecule has 2 heterocycles. The Bertz CT molecular complexity index is 503. The lowest BCUT2D eigenvalue weighted by Crippen LogP contribution is -2.43. The number of aliphatic imine (C=N–C) groups is 1. The fraction of sp³-hybridized carbons (Fsp3) is 0.462. The molecule has 2 aliphatic rings. The third-order valence-electron chi connectivity index (χ3n) is 3.31. The second-order valence-electron chi connectivity index (χ2n) is 4.62. The van der Waals surface area contributed by atoms with Crippen molar-refractivity contribution in [3.8, 4) is 5.75 Å².